The topological polar surface area (TPSA) is 93.7 Å². The quantitative estimate of drug-likeness (QED) is 0.658. The van der Waals surface area contributed by atoms with E-state index in [1.807, 2.05) is 26.1 Å². The van der Waals surface area contributed by atoms with Crippen LogP contribution in [0.25, 0.3) is 0 Å². The molecule has 2 aromatic carbocycles. The van der Waals surface area contributed by atoms with Crippen molar-refractivity contribution in [3.05, 3.63) is 65.2 Å². The van der Waals surface area contributed by atoms with Crippen LogP contribution in [0.4, 0.5) is 0 Å². The molecule has 2 atom stereocenters. The number of benzene rings is 2. The smallest absolute Gasteiger partial charge is 0.275 e. The maximum Gasteiger partial charge on any atom is 0.275 e. The highest BCUT2D eigenvalue weighted by Gasteiger charge is 2.15. The van der Waals surface area contributed by atoms with Crippen LogP contribution in [0, 0.1) is 6.92 Å². The molecule has 0 fully saturated rings. The third-order valence-electron chi connectivity index (χ3n) is 4.30. The van der Waals surface area contributed by atoms with Crippen molar-refractivity contribution in [2.45, 2.75) is 31.3 Å². The minimum atomic E-state index is -3.71. The molecule has 0 saturated carbocycles. The molecule has 1 amide bonds. The summed E-state index contributed by atoms with van der Waals surface area (Å²) in [6.45, 7) is 5.06. The number of likely N-dealkylation sites (N-methyl/N-ethyl adjacent to an activating group) is 1. The minimum Gasteiger partial charge on any atom is -0.345 e. The van der Waals surface area contributed by atoms with Gasteiger partial charge in [0.25, 0.3) is 5.91 Å². The van der Waals surface area contributed by atoms with Gasteiger partial charge >= 0.3 is 0 Å². The van der Waals surface area contributed by atoms with Crippen LogP contribution in [-0.4, -0.2) is 27.9 Å². The Labute approximate surface area is 155 Å². The van der Waals surface area contributed by atoms with E-state index in [1.54, 1.807) is 12.1 Å². The third-order valence-corrected chi connectivity index (χ3v) is 5.23. The first-order chi connectivity index (χ1) is 12.2. The lowest BCUT2D eigenvalue weighted by Gasteiger charge is -2.18. The molecule has 0 heterocycles. The molecule has 0 radical (unpaired) electrons. The highest BCUT2D eigenvalue weighted by atomic mass is 32.2. The van der Waals surface area contributed by atoms with E-state index in [0.29, 0.717) is 6.54 Å². The zero-order chi connectivity index (χ0) is 19.3. The number of primary sulfonamides is 1. The van der Waals surface area contributed by atoms with Crippen LogP contribution in [0.3, 0.4) is 0 Å². The van der Waals surface area contributed by atoms with Gasteiger partial charge in [0.1, 0.15) is 6.54 Å². The molecule has 0 aliphatic carbocycles. The summed E-state index contributed by atoms with van der Waals surface area (Å²) < 4.78 is 22.6. The first-order valence-corrected chi connectivity index (χ1v) is 9.99. The van der Waals surface area contributed by atoms with Gasteiger partial charge in [0.2, 0.25) is 10.0 Å². The molecule has 2 rings (SSSR count). The van der Waals surface area contributed by atoms with Gasteiger partial charge in [-0.2, -0.15) is 0 Å². The molecule has 2 aromatic rings. The zero-order valence-corrected chi connectivity index (χ0v) is 16.1. The fourth-order valence-corrected chi connectivity index (χ4v) is 3.31. The normalized spacial score (nSPS) is 13.8. The fraction of sp³-hybridized carbons (Fsp3) is 0.316. The highest BCUT2D eigenvalue weighted by molar-refractivity contribution is 7.89. The third kappa shape index (κ3) is 5.66. The number of rotatable bonds is 7. The van der Waals surface area contributed by atoms with Crippen molar-refractivity contribution in [1.82, 2.24) is 5.32 Å². The van der Waals surface area contributed by atoms with E-state index in [1.165, 1.54) is 23.3 Å². The van der Waals surface area contributed by atoms with Crippen molar-refractivity contribution < 1.29 is 18.1 Å². The van der Waals surface area contributed by atoms with Gasteiger partial charge < -0.3 is 10.2 Å². The first-order valence-electron chi connectivity index (χ1n) is 8.44. The van der Waals surface area contributed by atoms with Gasteiger partial charge in [0.05, 0.1) is 18.0 Å². The largest absolute Gasteiger partial charge is 0.345 e. The van der Waals surface area contributed by atoms with Gasteiger partial charge in [-0.05, 0) is 37.1 Å². The van der Waals surface area contributed by atoms with Crippen molar-refractivity contribution >= 4 is 15.9 Å². The average Bonchev–Trinajstić information content (AvgIpc) is 2.56. The Hall–Kier alpha value is -2.22. The van der Waals surface area contributed by atoms with Crippen LogP contribution in [0.2, 0.25) is 0 Å². The lowest BCUT2D eigenvalue weighted by molar-refractivity contribution is -0.885. The number of aryl methyl sites for hydroxylation is 1. The number of carbonyl (C=O) groups excluding carboxylic acids is 1. The lowest BCUT2D eigenvalue weighted by Crippen LogP contribution is -3.09. The standard InChI is InChI=1S/C19H25N3O3S/c1-14-6-4-5-7-17(14)12-22(3)13-19(23)21-15(2)16-8-10-18(11-9-16)26(20,24)25/h4-11,15H,12-13H2,1-3H3,(H,21,23)(H2,20,24,25)/p+1/t15-/m0/s1. The van der Waals surface area contributed by atoms with Gasteiger partial charge in [-0.3, -0.25) is 4.79 Å². The molecule has 1 unspecified atom stereocenters. The Balaban J connectivity index is 1.91. The van der Waals surface area contributed by atoms with E-state index in [9.17, 15) is 13.2 Å². The van der Waals surface area contributed by atoms with Crippen LogP contribution >= 0.6 is 0 Å². The summed E-state index contributed by atoms with van der Waals surface area (Å²) in [6.07, 6.45) is 0. The molecule has 0 spiro atoms. The molecule has 4 N–H and O–H groups in total. The average molecular weight is 377 g/mol. The summed E-state index contributed by atoms with van der Waals surface area (Å²) >= 11 is 0. The number of quaternary nitrogens is 1. The van der Waals surface area contributed by atoms with E-state index >= 15 is 0 Å². The second-order valence-electron chi connectivity index (χ2n) is 6.64. The summed E-state index contributed by atoms with van der Waals surface area (Å²) in [5.41, 5.74) is 3.27. The van der Waals surface area contributed by atoms with Crippen LogP contribution in [-0.2, 0) is 21.4 Å². The van der Waals surface area contributed by atoms with E-state index in [-0.39, 0.29) is 16.8 Å². The fourth-order valence-electron chi connectivity index (χ4n) is 2.79. The molecule has 0 aliphatic rings. The van der Waals surface area contributed by atoms with E-state index < -0.39 is 10.0 Å². The SMILES string of the molecule is Cc1ccccc1C[NH+](C)CC(=O)N[C@@H](C)c1ccc(S(N)(=O)=O)cc1. The molecule has 7 heteroatoms. The maximum absolute atomic E-state index is 12.3. The molecule has 6 nitrogen and oxygen atoms in total. The number of hydrogen-bond donors (Lipinski definition) is 3. The van der Waals surface area contributed by atoms with Gasteiger partial charge in [-0.15, -0.1) is 0 Å². The van der Waals surface area contributed by atoms with E-state index in [4.69, 9.17) is 5.14 Å². The predicted octanol–water partition coefficient (Wildman–Crippen LogP) is 0.535. The molecule has 0 bridgehead atoms. The number of carbonyl (C=O) groups is 1. The summed E-state index contributed by atoms with van der Waals surface area (Å²) in [7, 11) is -1.72. The summed E-state index contributed by atoms with van der Waals surface area (Å²) in [5.74, 6) is -0.0564. The summed E-state index contributed by atoms with van der Waals surface area (Å²) in [6, 6.07) is 14.1. The van der Waals surface area contributed by atoms with Crippen molar-refractivity contribution in [2.24, 2.45) is 5.14 Å². The van der Waals surface area contributed by atoms with E-state index in [2.05, 4.69) is 24.4 Å². The number of sulfonamides is 1. The van der Waals surface area contributed by atoms with Crippen LogP contribution < -0.4 is 15.4 Å². The molecular formula is C19H26N3O3S+. The van der Waals surface area contributed by atoms with E-state index in [0.717, 1.165) is 17.0 Å². The van der Waals surface area contributed by atoms with Gasteiger partial charge in [0, 0.05) is 5.56 Å². The second kappa shape index (κ2) is 8.44. The van der Waals surface area contributed by atoms with Crippen LogP contribution in [0.15, 0.2) is 53.4 Å². The first kappa shape index (κ1) is 20.1. The molecule has 0 saturated heterocycles. The van der Waals surface area contributed by atoms with Crippen LogP contribution in [0.5, 0.6) is 0 Å². The van der Waals surface area contributed by atoms with Crippen molar-refractivity contribution in [1.29, 1.82) is 0 Å². The number of nitrogens with one attached hydrogen (secondary N) is 2. The number of hydrogen-bond acceptors (Lipinski definition) is 3. The van der Waals surface area contributed by atoms with Crippen molar-refractivity contribution in [2.75, 3.05) is 13.6 Å². The summed E-state index contributed by atoms with van der Waals surface area (Å²) in [5, 5.41) is 8.04. The summed E-state index contributed by atoms with van der Waals surface area (Å²) in [4.78, 5) is 13.4. The predicted molar refractivity (Wildman–Crippen MR) is 101 cm³/mol. The molecule has 0 aromatic heterocycles. The Morgan fingerprint density at radius 3 is 2.35 bits per heavy atom. The molecule has 26 heavy (non-hydrogen) atoms. The lowest BCUT2D eigenvalue weighted by atomic mass is 10.1. The maximum atomic E-state index is 12.3. The second-order valence-corrected chi connectivity index (χ2v) is 8.20. The van der Waals surface area contributed by atoms with Gasteiger partial charge in [0.15, 0.2) is 6.54 Å². The highest BCUT2D eigenvalue weighted by Crippen LogP contribution is 2.15. The zero-order valence-electron chi connectivity index (χ0n) is 15.3. The Morgan fingerprint density at radius 2 is 1.77 bits per heavy atom. The monoisotopic (exact) mass is 376 g/mol. The van der Waals surface area contributed by atoms with Gasteiger partial charge in [-0.25, -0.2) is 13.6 Å². The number of nitrogens with two attached hydrogens (primary N) is 1. The Kier molecular flexibility index (Phi) is 6.52. The van der Waals surface area contributed by atoms with Gasteiger partial charge in [-0.1, -0.05) is 36.4 Å². The Bertz CT molecular complexity index is 864. The van der Waals surface area contributed by atoms with Crippen molar-refractivity contribution in [3.8, 4) is 0 Å². The Morgan fingerprint density at radius 1 is 1.15 bits per heavy atom. The molecule has 0 aliphatic heterocycles. The number of amides is 1. The molecular weight excluding hydrogens is 350 g/mol. The molecule has 140 valence electrons. The van der Waals surface area contributed by atoms with Crippen LogP contribution in [0.1, 0.15) is 29.7 Å². The minimum absolute atomic E-state index is 0.0564. The van der Waals surface area contributed by atoms with Crippen molar-refractivity contribution in [3.63, 3.8) is 0 Å².